The molecule has 0 saturated carbocycles. The first-order valence-electron chi connectivity index (χ1n) is 6.59. The van der Waals surface area contributed by atoms with Gasteiger partial charge in [0.2, 0.25) is 0 Å². The summed E-state index contributed by atoms with van der Waals surface area (Å²) in [6.07, 6.45) is 0.921. The van der Waals surface area contributed by atoms with Gasteiger partial charge in [0.1, 0.15) is 0 Å². The Hall–Kier alpha value is -1.96. The Morgan fingerprint density at radius 2 is 0.895 bits per heavy atom. The van der Waals surface area contributed by atoms with Crippen LogP contribution in [-0.2, 0) is 6.42 Å². The van der Waals surface area contributed by atoms with Gasteiger partial charge in [-0.05, 0) is 67.5 Å². The van der Waals surface area contributed by atoms with Crippen molar-refractivity contribution in [3.8, 4) is 0 Å². The fraction of sp³-hybridized carbons (Fsp3) is 0.294. The van der Waals surface area contributed by atoms with Gasteiger partial charge in [0.15, 0.2) is 0 Å². The van der Waals surface area contributed by atoms with Crippen molar-refractivity contribution in [2.45, 2.75) is 34.1 Å². The Bertz CT molecular complexity index is 526. The third kappa shape index (κ3) is 2.73. The first kappa shape index (κ1) is 13.5. The number of hydrogen-bond acceptors (Lipinski definition) is 2. The van der Waals surface area contributed by atoms with Crippen LogP contribution in [0.25, 0.3) is 0 Å². The normalized spacial score (nSPS) is 10.7. The summed E-state index contributed by atoms with van der Waals surface area (Å²) in [5.41, 5.74) is 21.0. The largest absolute Gasteiger partial charge is 0.398 e. The van der Waals surface area contributed by atoms with Crippen LogP contribution in [0.1, 0.15) is 33.4 Å². The summed E-state index contributed by atoms with van der Waals surface area (Å²) in [4.78, 5) is 0. The van der Waals surface area contributed by atoms with Crippen molar-refractivity contribution in [1.29, 1.82) is 0 Å². The zero-order chi connectivity index (χ0) is 14.2. The van der Waals surface area contributed by atoms with Crippen molar-refractivity contribution in [2.24, 2.45) is 0 Å². The maximum absolute atomic E-state index is 6.00. The van der Waals surface area contributed by atoms with Crippen LogP contribution in [0.3, 0.4) is 0 Å². The number of hydrogen-bond donors (Lipinski definition) is 2. The van der Waals surface area contributed by atoms with E-state index in [4.69, 9.17) is 11.5 Å². The highest BCUT2D eigenvalue weighted by Crippen LogP contribution is 2.23. The van der Waals surface area contributed by atoms with Gasteiger partial charge in [-0.1, -0.05) is 24.3 Å². The van der Waals surface area contributed by atoms with Gasteiger partial charge in [0.25, 0.3) is 0 Å². The SMILES string of the molecule is Cc1cc(Cc2cc(C)c(N)c(C)c2)cc(C)c1N. The molecule has 2 nitrogen and oxygen atoms in total. The van der Waals surface area contributed by atoms with E-state index in [-0.39, 0.29) is 0 Å². The van der Waals surface area contributed by atoms with Crippen LogP contribution in [-0.4, -0.2) is 0 Å². The summed E-state index contributed by atoms with van der Waals surface area (Å²) in [5.74, 6) is 0. The van der Waals surface area contributed by atoms with Gasteiger partial charge in [-0.15, -0.1) is 0 Å². The zero-order valence-corrected chi connectivity index (χ0v) is 12.2. The van der Waals surface area contributed by atoms with Crippen LogP contribution in [0.5, 0.6) is 0 Å². The van der Waals surface area contributed by atoms with Gasteiger partial charge in [0.05, 0.1) is 0 Å². The third-order valence-corrected chi connectivity index (χ3v) is 3.72. The molecule has 0 saturated heterocycles. The highest BCUT2D eigenvalue weighted by molar-refractivity contribution is 5.57. The standard InChI is InChI=1S/C17H22N2/c1-10-5-14(6-11(2)16(10)18)9-15-7-12(3)17(19)13(4)8-15/h5-8H,9,18-19H2,1-4H3. The molecule has 100 valence electrons. The maximum atomic E-state index is 6.00. The quantitative estimate of drug-likeness (QED) is 0.803. The van der Waals surface area contributed by atoms with Gasteiger partial charge in [0, 0.05) is 11.4 Å². The molecule has 19 heavy (non-hydrogen) atoms. The summed E-state index contributed by atoms with van der Waals surface area (Å²) in [5, 5.41) is 0. The second-order valence-corrected chi connectivity index (χ2v) is 5.46. The molecule has 2 heteroatoms. The Balaban J connectivity index is 2.36. The van der Waals surface area contributed by atoms with Crippen LogP contribution in [0.4, 0.5) is 11.4 Å². The Morgan fingerprint density at radius 3 is 1.16 bits per heavy atom. The lowest BCUT2D eigenvalue weighted by Crippen LogP contribution is -1.99. The molecule has 0 aliphatic carbocycles. The van der Waals surface area contributed by atoms with Gasteiger partial charge in [-0.25, -0.2) is 0 Å². The molecule has 2 aromatic rings. The zero-order valence-electron chi connectivity index (χ0n) is 12.2. The summed E-state index contributed by atoms with van der Waals surface area (Å²) in [6, 6.07) is 8.68. The van der Waals surface area contributed by atoms with E-state index in [1.54, 1.807) is 0 Å². The molecule has 0 aliphatic rings. The molecule has 0 amide bonds. The van der Waals surface area contributed by atoms with Crippen molar-refractivity contribution in [1.82, 2.24) is 0 Å². The van der Waals surface area contributed by atoms with Crippen LogP contribution in [0.15, 0.2) is 24.3 Å². The van der Waals surface area contributed by atoms with Crippen LogP contribution in [0.2, 0.25) is 0 Å². The second-order valence-electron chi connectivity index (χ2n) is 5.46. The van der Waals surface area contributed by atoms with E-state index >= 15 is 0 Å². The number of anilines is 2. The lowest BCUT2D eigenvalue weighted by Gasteiger charge is -2.11. The summed E-state index contributed by atoms with van der Waals surface area (Å²) < 4.78 is 0. The molecule has 0 aliphatic heterocycles. The van der Waals surface area contributed by atoms with E-state index in [0.29, 0.717) is 0 Å². The molecule has 2 rings (SSSR count). The van der Waals surface area contributed by atoms with E-state index in [0.717, 1.165) is 40.0 Å². The molecule has 2 aromatic carbocycles. The molecule has 0 heterocycles. The fourth-order valence-electron chi connectivity index (χ4n) is 2.57. The number of rotatable bonds is 2. The van der Waals surface area contributed by atoms with E-state index < -0.39 is 0 Å². The fourth-order valence-corrected chi connectivity index (χ4v) is 2.57. The Morgan fingerprint density at radius 1 is 0.632 bits per heavy atom. The molecule has 0 radical (unpaired) electrons. The number of aryl methyl sites for hydroxylation is 4. The van der Waals surface area contributed by atoms with Crippen LogP contribution in [0, 0.1) is 27.7 Å². The Labute approximate surface area is 115 Å². The van der Waals surface area contributed by atoms with Crippen molar-refractivity contribution in [2.75, 3.05) is 11.5 Å². The molecule has 0 unspecified atom stereocenters. The predicted molar refractivity (Wildman–Crippen MR) is 83.5 cm³/mol. The number of benzene rings is 2. The first-order chi connectivity index (χ1) is 8.88. The lowest BCUT2D eigenvalue weighted by molar-refractivity contribution is 1.15. The number of nitrogen functional groups attached to an aromatic ring is 2. The number of nitrogens with two attached hydrogens (primary N) is 2. The molecule has 0 fully saturated rings. The average molecular weight is 254 g/mol. The van der Waals surface area contributed by atoms with E-state index in [9.17, 15) is 0 Å². The van der Waals surface area contributed by atoms with Crippen molar-refractivity contribution < 1.29 is 0 Å². The van der Waals surface area contributed by atoms with Crippen molar-refractivity contribution >= 4 is 11.4 Å². The molecule has 0 atom stereocenters. The smallest absolute Gasteiger partial charge is 0.0373 e. The van der Waals surface area contributed by atoms with Crippen molar-refractivity contribution in [3.63, 3.8) is 0 Å². The summed E-state index contributed by atoms with van der Waals surface area (Å²) in [7, 11) is 0. The van der Waals surface area contributed by atoms with Gasteiger partial charge < -0.3 is 11.5 Å². The predicted octanol–water partition coefficient (Wildman–Crippen LogP) is 3.68. The highest BCUT2D eigenvalue weighted by atomic mass is 14.6. The monoisotopic (exact) mass is 254 g/mol. The molecule has 0 aromatic heterocycles. The molecular weight excluding hydrogens is 232 g/mol. The van der Waals surface area contributed by atoms with Crippen LogP contribution < -0.4 is 11.5 Å². The van der Waals surface area contributed by atoms with Crippen molar-refractivity contribution in [3.05, 3.63) is 57.6 Å². The first-order valence-corrected chi connectivity index (χ1v) is 6.59. The average Bonchev–Trinajstić information content (AvgIpc) is 2.33. The van der Waals surface area contributed by atoms with Crippen LogP contribution >= 0.6 is 0 Å². The summed E-state index contributed by atoms with van der Waals surface area (Å²) in [6.45, 7) is 8.24. The second kappa shape index (κ2) is 4.96. The third-order valence-electron chi connectivity index (χ3n) is 3.72. The van der Waals surface area contributed by atoms with Gasteiger partial charge in [-0.3, -0.25) is 0 Å². The van der Waals surface area contributed by atoms with E-state index in [2.05, 4.69) is 52.0 Å². The lowest BCUT2D eigenvalue weighted by atomic mass is 9.96. The highest BCUT2D eigenvalue weighted by Gasteiger charge is 2.05. The molecular formula is C17H22N2. The van der Waals surface area contributed by atoms with E-state index in [1.807, 2.05) is 0 Å². The molecule has 4 N–H and O–H groups in total. The summed E-state index contributed by atoms with van der Waals surface area (Å²) >= 11 is 0. The molecule has 0 spiro atoms. The van der Waals surface area contributed by atoms with Gasteiger partial charge >= 0.3 is 0 Å². The molecule has 0 bridgehead atoms. The van der Waals surface area contributed by atoms with E-state index in [1.165, 1.54) is 11.1 Å². The van der Waals surface area contributed by atoms with Gasteiger partial charge in [-0.2, -0.15) is 0 Å². The minimum absolute atomic E-state index is 0.897. The maximum Gasteiger partial charge on any atom is 0.0373 e. The topological polar surface area (TPSA) is 52.0 Å². The Kier molecular flexibility index (Phi) is 3.52. The minimum Gasteiger partial charge on any atom is -0.398 e. The minimum atomic E-state index is 0.897.